The summed E-state index contributed by atoms with van der Waals surface area (Å²) in [5, 5.41) is 0. The quantitative estimate of drug-likeness (QED) is 0.724. The van der Waals surface area contributed by atoms with Crippen molar-refractivity contribution >= 4 is 5.69 Å². The molecule has 0 saturated heterocycles. The number of fused-ring (bicyclic) bond motifs is 2. The highest BCUT2D eigenvalue weighted by atomic mass is 16.7. The number of nitrogen functional groups attached to an aromatic ring is 1. The van der Waals surface area contributed by atoms with Crippen LogP contribution in [0.25, 0.3) is 11.4 Å². The molecule has 0 atom stereocenters. The summed E-state index contributed by atoms with van der Waals surface area (Å²) in [6.07, 6.45) is 2.92. The summed E-state index contributed by atoms with van der Waals surface area (Å²) in [6.45, 7) is 2.97. The molecule has 6 heteroatoms. The molecule has 5 rings (SSSR count). The van der Waals surface area contributed by atoms with E-state index in [2.05, 4.69) is 22.0 Å². The number of anilines is 1. The van der Waals surface area contributed by atoms with E-state index in [0.29, 0.717) is 6.79 Å². The third-order valence-corrected chi connectivity index (χ3v) is 5.04. The molecule has 2 aliphatic heterocycles. The van der Waals surface area contributed by atoms with Gasteiger partial charge in [0.25, 0.3) is 0 Å². The molecule has 0 unspecified atom stereocenters. The number of hydrogen-bond acceptors (Lipinski definition) is 6. The molecule has 0 spiro atoms. The van der Waals surface area contributed by atoms with E-state index < -0.39 is 0 Å². The van der Waals surface area contributed by atoms with E-state index in [1.165, 1.54) is 11.1 Å². The Morgan fingerprint density at radius 3 is 2.78 bits per heavy atom. The highest BCUT2D eigenvalue weighted by Crippen LogP contribution is 2.33. The second-order valence-electron chi connectivity index (χ2n) is 6.94. The number of nitrogens with two attached hydrogens (primary N) is 1. The maximum Gasteiger partial charge on any atom is 0.231 e. The van der Waals surface area contributed by atoms with Gasteiger partial charge < -0.3 is 15.2 Å². The lowest BCUT2D eigenvalue weighted by molar-refractivity contribution is 0.174. The third kappa shape index (κ3) is 3.19. The van der Waals surface area contributed by atoms with Gasteiger partial charge in [0.15, 0.2) is 17.3 Å². The fraction of sp³-hybridized carbons (Fsp3) is 0.238. The fourth-order valence-electron chi connectivity index (χ4n) is 3.56. The van der Waals surface area contributed by atoms with Crippen molar-refractivity contribution in [1.29, 1.82) is 0 Å². The summed E-state index contributed by atoms with van der Waals surface area (Å²) >= 11 is 0. The van der Waals surface area contributed by atoms with Crippen LogP contribution in [-0.2, 0) is 19.5 Å². The topological polar surface area (TPSA) is 73.5 Å². The lowest BCUT2D eigenvalue weighted by Gasteiger charge is -2.28. The molecule has 6 nitrogen and oxygen atoms in total. The van der Waals surface area contributed by atoms with Crippen molar-refractivity contribution in [2.45, 2.75) is 19.5 Å². The van der Waals surface area contributed by atoms with Crippen LogP contribution < -0.4 is 15.2 Å². The van der Waals surface area contributed by atoms with Crippen molar-refractivity contribution in [2.24, 2.45) is 0 Å². The van der Waals surface area contributed by atoms with Gasteiger partial charge in [-0.15, -0.1) is 0 Å². The first-order chi connectivity index (χ1) is 13.2. The normalized spacial score (nSPS) is 15.6. The van der Waals surface area contributed by atoms with Crippen LogP contribution >= 0.6 is 0 Å². The van der Waals surface area contributed by atoms with Gasteiger partial charge in [-0.25, -0.2) is 9.97 Å². The van der Waals surface area contributed by atoms with Gasteiger partial charge >= 0.3 is 0 Å². The zero-order chi connectivity index (χ0) is 18.2. The second kappa shape index (κ2) is 6.55. The molecule has 0 fully saturated rings. The lowest BCUT2D eigenvalue weighted by atomic mass is 10.1. The first-order valence-corrected chi connectivity index (χ1v) is 9.06. The molecule has 0 radical (unpaired) electrons. The van der Waals surface area contributed by atoms with E-state index in [1.54, 1.807) is 0 Å². The number of hydrogen-bond donors (Lipinski definition) is 1. The Morgan fingerprint density at radius 1 is 1.04 bits per heavy atom. The standard InChI is InChI=1S/C21H20N4O2/c22-17-4-2-15(3-5-17)21-23-10-16-7-8-25(12-18(16)24-21)11-14-1-6-19-20(9-14)27-13-26-19/h1-6,9-10H,7-8,11-13,22H2. The predicted octanol–water partition coefficient (Wildman–Crippen LogP) is 3.01. The Kier molecular flexibility index (Phi) is 3.90. The first-order valence-electron chi connectivity index (χ1n) is 9.06. The van der Waals surface area contributed by atoms with Crippen LogP contribution in [0.1, 0.15) is 16.8 Å². The molecule has 1 aromatic heterocycles. The molecule has 0 amide bonds. The summed E-state index contributed by atoms with van der Waals surface area (Å²) in [6, 6.07) is 13.8. The van der Waals surface area contributed by atoms with Crippen molar-refractivity contribution in [3.8, 4) is 22.9 Å². The van der Waals surface area contributed by atoms with Gasteiger partial charge in [-0.2, -0.15) is 0 Å². The Hall–Kier alpha value is -3.12. The second-order valence-corrected chi connectivity index (χ2v) is 6.94. The van der Waals surface area contributed by atoms with Crippen LogP contribution in [0.5, 0.6) is 11.5 Å². The van der Waals surface area contributed by atoms with Crippen molar-refractivity contribution < 1.29 is 9.47 Å². The summed E-state index contributed by atoms with van der Waals surface area (Å²) in [5.74, 6) is 2.40. The van der Waals surface area contributed by atoms with Gasteiger partial charge in [-0.05, 0) is 53.9 Å². The summed E-state index contributed by atoms with van der Waals surface area (Å²) in [7, 11) is 0. The van der Waals surface area contributed by atoms with E-state index in [4.69, 9.17) is 20.2 Å². The van der Waals surface area contributed by atoms with E-state index in [1.807, 2.05) is 36.5 Å². The summed E-state index contributed by atoms with van der Waals surface area (Å²) < 4.78 is 10.9. The van der Waals surface area contributed by atoms with Crippen LogP contribution in [0.3, 0.4) is 0 Å². The van der Waals surface area contributed by atoms with Crippen LogP contribution in [0.2, 0.25) is 0 Å². The van der Waals surface area contributed by atoms with Crippen molar-refractivity contribution in [3.63, 3.8) is 0 Å². The number of rotatable bonds is 3. The number of ether oxygens (including phenoxy) is 2. The molecule has 2 aliphatic rings. The van der Waals surface area contributed by atoms with Gasteiger partial charge in [-0.1, -0.05) is 6.07 Å². The van der Waals surface area contributed by atoms with Gasteiger partial charge in [-0.3, -0.25) is 4.90 Å². The molecule has 2 N–H and O–H groups in total. The number of nitrogens with zero attached hydrogens (tertiary/aromatic N) is 3. The summed E-state index contributed by atoms with van der Waals surface area (Å²) in [5.41, 5.74) is 11.1. The highest BCUT2D eigenvalue weighted by Gasteiger charge is 2.20. The largest absolute Gasteiger partial charge is 0.454 e. The van der Waals surface area contributed by atoms with Crippen LogP contribution in [-0.4, -0.2) is 28.2 Å². The molecule has 0 aliphatic carbocycles. The highest BCUT2D eigenvalue weighted by molar-refractivity contribution is 5.58. The number of aromatic nitrogens is 2. The van der Waals surface area contributed by atoms with Crippen molar-refractivity contribution in [2.75, 3.05) is 19.1 Å². The molecule has 0 bridgehead atoms. The van der Waals surface area contributed by atoms with E-state index >= 15 is 0 Å². The fourth-order valence-corrected chi connectivity index (χ4v) is 3.56. The minimum absolute atomic E-state index is 0.306. The molecule has 3 heterocycles. The summed E-state index contributed by atoms with van der Waals surface area (Å²) in [4.78, 5) is 11.8. The molecule has 136 valence electrons. The minimum atomic E-state index is 0.306. The van der Waals surface area contributed by atoms with Gasteiger partial charge in [0.1, 0.15) is 0 Å². The molecular weight excluding hydrogens is 340 g/mol. The zero-order valence-corrected chi connectivity index (χ0v) is 14.9. The zero-order valence-electron chi connectivity index (χ0n) is 14.9. The molecule has 0 saturated carbocycles. The monoisotopic (exact) mass is 360 g/mol. The van der Waals surface area contributed by atoms with Gasteiger partial charge in [0.2, 0.25) is 6.79 Å². The van der Waals surface area contributed by atoms with Crippen molar-refractivity contribution in [3.05, 3.63) is 65.5 Å². The third-order valence-electron chi connectivity index (χ3n) is 5.04. The molecular formula is C21H20N4O2. The molecule has 3 aromatic rings. The van der Waals surface area contributed by atoms with Crippen LogP contribution in [0.4, 0.5) is 5.69 Å². The average Bonchev–Trinajstić information content (AvgIpc) is 3.16. The predicted molar refractivity (Wildman–Crippen MR) is 102 cm³/mol. The molecule has 2 aromatic carbocycles. The van der Waals surface area contributed by atoms with E-state index in [-0.39, 0.29) is 0 Å². The van der Waals surface area contributed by atoms with Gasteiger partial charge in [0, 0.05) is 37.1 Å². The Labute approximate surface area is 157 Å². The van der Waals surface area contributed by atoms with Crippen LogP contribution in [0, 0.1) is 0 Å². The lowest BCUT2D eigenvalue weighted by Crippen LogP contribution is -2.31. The first kappa shape index (κ1) is 16.1. The van der Waals surface area contributed by atoms with Crippen LogP contribution in [0.15, 0.2) is 48.7 Å². The maximum atomic E-state index is 5.78. The Bertz CT molecular complexity index is 988. The van der Waals surface area contributed by atoms with Crippen molar-refractivity contribution in [1.82, 2.24) is 14.9 Å². The minimum Gasteiger partial charge on any atom is -0.454 e. The smallest absolute Gasteiger partial charge is 0.231 e. The van der Waals surface area contributed by atoms with E-state index in [0.717, 1.165) is 60.3 Å². The Balaban J connectivity index is 1.35. The maximum absolute atomic E-state index is 5.78. The average molecular weight is 360 g/mol. The molecule has 27 heavy (non-hydrogen) atoms. The van der Waals surface area contributed by atoms with Gasteiger partial charge in [0.05, 0.1) is 5.69 Å². The Morgan fingerprint density at radius 2 is 1.89 bits per heavy atom. The number of benzene rings is 2. The van der Waals surface area contributed by atoms with E-state index in [9.17, 15) is 0 Å². The SMILES string of the molecule is Nc1ccc(-c2ncc3c(n2)CN(Cc2ccc4c(c2)OCO4)CC3)cc1.